The summed E-state index contributed by atoms with van der Waals surface area (Å²) in [4.78, 5) is 23.3. The van der Waals surface area contributed by atoms with Crippen LogP contribution in [0.1, 0.15) is 55.3 Å². The van der Waals surface area contributed by atoms with Gasteiger partial charge >= 0.3 is 0 Å². The van der Waals surface area contributed by atoms with E-state index in [4.69, 9.17) is 4.74 Å². The zero-order valence-electron chi connectivity index (χ0n) is 16.7. The standard InChI is InChI=1S/C22H29N3O2/c1-15(2)19-9-7-18(8-10-19)13-22(26)25-11-5-6-20(14-25)27-21-12-16(3)23-17(4)24-21/h7-10,12,15,20H,5-6,11,13-14H2,1-4H3. The molecule has 1 unspecified atom stereocenters. The summed E-state index contributed by atoms with van der Waals surface area (Å²) in [6.07, 6.45) is 2.32. The average Bonchev–Trinajstić information content (AvgIpc) is 2.61. The third kappa shape index (κ3) is 5.28. The number of aromatic nitrogens is 2. The number of benzene rings is 1. The van der Waals surface area contributed by atoms with Gasteiger partial charge in [-0.15, -0.1) is 0 Å². The Morgan fingerprint density at radius 3 is 2.63 bits per heavy atom. The molecule has 0 spiro atoms. The van der Waals surface area contributed by atoms with Crippen molar-refractivity contribution >= 4 is 5.91 Å². The normalized spacial score (nSPS) is 17.2. The summed E-state index contributed by atoms with van der Waals surface area (Å²) in [5, 5.41) is 0. The van der Waals surface area contributed by atoms with Crippen molar-refractivity contribution in [3.63, 3.8) is 0 Å². The van der Waals surface area contributed by atoms with E-state index in [-0.39, 0.29) is 12.0 Å². The number of nitrogens with zero attached hydrogens (tertiary/aromatic N) is 3. The van der Waals surface area contributed by atoms with Gasteiger partial charge in [-0.1, -0.05) is 38.1 Å². The number of amides is 1. The maximum absolute atomic E-state index is 12.7. The SMILES string of the molecule is Cc1cc(OC2CCCN(C(=O)Cc3ccc(C(C)C)cc3)C2)nc(C)n1. The Bertz CT molecular complexity index is 766. The maximum Gasteiger partial charge on any atom is 0.227 e. The van der Waals surface area contributed by atoms with Crippen LogP contribution in [0.5, 0.6) is 5.88 Å². The Morgan fingerprint density at radius 2 is 1.96 bits per heavy atom. The minimum atomic E-state index is -0.0142. The van der Waals surface area contributed by atoms with Gasteiger partial charge in [-0.2, -0.15) is 4.98 Å². The first-order chi connectivity index (χ1) is 12.9. The van der Waals surface area contributed by atoms with Gasteiger partial charge < -0.3 is 9.64 Å². The largest absolute Gasteiger partial charge is 0.472 e. The molecule has 1 aromatic carbocycles. The van der Waals surface area contributed by atoms with E-state index in [1.807, 2.05) is 24.8 Å². The van der Waals surface area contributed by atoms with Crippen molar-refractivity contribution < 1.29 is 9.53 Å². The number of hydrogen-bond donors (Lipinski definition) is 0. The fourth-order valence-electron chi connectivity index (χ4n) is 3.48. The second-order valence-electron chi connectivity index (χ2n) is 7.69. The van der Waals surface area contributed by atoms with E-state index in [0.29, 0.717) is 30.6 Å². The van der Waals surface area contributed by atoms with Crippen LogP contribution in [0.15, 0.2) is 30.3 Å². The van der Waals surface area contributed by atoms with Crippen molar-refractivity contribution in [2.24, 2.45) is 0 Å². The van der Waals surface area contributed by atoms with E-state index >= 15 is 0 Å². The highest BCUT2D eigenvalue weighted by atomic mass is 16.5. The van der Waals surface area contributed by atoms with Crippen LogP contribution in [0.25, 0.3) is 0 Å². The van der Waals surface area contributed by atoms with E-state index in [1.54, 1.807) is 0 Å². The Morgan fingerprint density at radius 1 is 1.22 bits per heavy atom. The molecule has 0 N–H and O–H groups in total. The van der Waals surface area contributed by atoms with Gasteiger partial charge in [-0.05, 0) is 43.7 Å². The highest BCUT2D eigenvalue weighted by molar-refractivity contribution is 5.79. The van der Waals surface area contributed by atoms with Crippen molar-refractivity contribution in [1.82, 2.24) is 14.9 Å². The Balaban J connectivity index is 1.59. The molecule has 3 rings (SSSR count). The predicted octanol–water partition coefficient (Wildman–Crippen LogP) is 3.83. The third-order valence-corrected chi connectivity index (χ3v) is 4.96. The number of aryl methyl sites for hydroxylation is 2. The van der Waals surface area contributed by atoms with Gasteiger partial charge in [-0.3, -0.25) is 4.79 Å². The number of carbonyl (C=O) groups is 1. The van der Waals surface area contributed by atoms with Gasteiger partial charge in [0.25, 0.3) is 0 Å². The lowest BCUT2D eigenvalue weighted by Gasteiger charge is -2.32. The molecule has 0 bridgehead atoms. The molecule has 2 aromatic rings. The number of likely N-dealkylation sites (tertiary alicyclic amines) is 1. The van der Waals surface area contributed by atoms with Crippen LogP contribution >= 0.6 is 0 Å². The molecule has 1 fully saturated rings. The van der Waals surface area contributed by atoms with Crippen molar-refractivity contribution in [3.05, 3.63) is 53.0 Å². The second-order valence-corrected chi connectivity index (χ2v) is 7.69. The highest BCUT2D eigenvalue weighted by Crippen LogP contribution is 2.19. The molecule has 5 nitrogen and oxygen atoms in total. The zero-order chi connectivity index (χ0) is 19.4. The van der Waals surface area contributed by atoms with Crippen LogP contribution in [-0.2, 0) is 11.2 Å². The van der Waals surface area contributed by atoms with E-state index in [9.17, 15) is 4.79 Å². The molecule has 0 radical (unpaired) electrons. The topological polar surface area (TPSA) is 55.3 Å². The van der Waals surface area contributed by atoms with Crippen LogP contribution in [0.3, 0.4) is 0 Å². The lowest BCUT2D eigenvalue weighted by Crippen LogP contribution is -2.45. The monoisotopic (exact) mass is 367 g/mol. The van der Waals surface area contributed by atoms with Crippen molar-refractivity contribution in [2.45, 2.75) is 59.0 Å². The van der Waals surface area contributed by atoms with Gasteiger partial charge in [0, 0.05) is 18.3 Å². The lowest BCUT2D eigenvalue weighted by molar-refractivity contribution is -0.133. The van der Waals surface area contributed by atoms with Gasteiger partial charge in [0.1, 0.15) is 11.9 Å². The highest BCUT2D eigenvalue weighted by Gasteiger charge is 2.25. The van der Waals surface area contributed by atoms with Gasteiger partial charge in [-0.25, -0.2) is 4.98 Å². The van der Waals surface area contributed by atoms with Crippen LogP contribution in [-0.4, -0.2) is 40.0 Å². The smallest absolute Gasteiger partial charge is 0.227 e. The average molecular weight is 367 g/mol. The minimum absolute atomic E-state index is 0.0142. The quantitative estimate of drug-likeness (QED) is 0.806. The Kier molecular flexibility index (Phi) is 6.09. The molecule has 1 aliphatic heterocycles. The summed E-state index contributed by atoms with van der Waals surface area (Å²) in [5.41, 5.74) is 3.26. The molecular weight excluding hydrogens is 338 g/mol. The minimum Gasteiger partial charge on any atom is -0.472 e. The van der Waals surface area contributed by atoms with Crippen molar-refractivity contribution in [1.29, 1.82) is 0 Å². The van der Waals surface area contributed by atoms with Crippen LogP contribution < -0.4 is 4.74 Å². The lowest BCUT2D eigenvalue weighted by atomic mass is 10.0. The van der Waals surface area contributed by atoms with E-state index in [2.05, 4.69) is 48.1 Å². The third-order valence-electron chi connectivity index (χ3n) is 4.96. The summed E-state index contributed by atoms with van der Waals surface area (Å²) in [6, 6.07) is 10.2. The first-order valence-electron chi connectivity index (χ1n) is 9.76. The van der Waals surface area contributed by atoms with E-state index < -0.39 is 0 Å². The number of ether oxygens (including phenoxy) is 1. The molecular formula is C22H29N3O2. The first-order valence-corrected chi connectivity index (χ1v) is 9.76. The molecule has 2 heterocycles. The molecule has 1 saturated heterocycles. The summed E-state index contributed by atoms with van der Waals surface area (Å²) in [6.45, 7) is 9.56. The molecule has 1 amide bonds. The maximum atomic E-state index is 12.7. The predicted molar refractivity (Wildman–Crippen MR) is 106 cm³/mol. The fraction of sp³-hybridized carbons (Fsp3) is 0.500. The van der Waals surface area contributed by atoms with E-state index in [1.165, 1.54) is 5.56 Å². The van der Waals surface area contributed by atoms with E-state index in [0.717, 1.165) is 30.6 Å². The van der Waals surface area contributed by atoms with Crippen molar-refractivity contribution in [3.8, 4) is 5.88 Å². The second kappa shape index (κ2) is 8.51. The number of piperidine rings is 1. The van der Waals surface area contributed by atoms with Crippen molar-refractivity contribution in [2.75, 3.05) is 13.1 Å². The molecule has 0 aliphatic carbocycles. The zero-order valence-corrected chi connectivity index (χ0v) is 16.7. The molecule has 5 heteroatoms. The molecule has 0 saturated carbocycles. The molecule has 144 valence electrons. The van der Waals surface area contributed by atoms with Crippen LogP contribution in [0.4, 0.5) is 0 Å². The van der Waals surface area contributed by atoms with Crippen LogP contribution in [0.2, 0.25) is 0 Å². The number of carbonyl (C=O) groups excluding carboxylic acids is 1. The summed E-state index contributed by atoms with van der Waals surface area (Å²) < 4.78 is 6.04. The summed E-state index contributed by atoms with van der Waals surface area (Å²) in [5.74, 6) is 1.97. The number of hydrogen-bond acceptors (Lipinski definition) is 4. The first kappa shape index (κ1) is 19.3. The van der Waals surface area contributed by atoms with Crippen LogP contribution in [0, 0.1) is 13.8 Å². The molecule has 1 aromatic heterocycles. The fourth-order valence-corrected chi connectivity index (χ4v) is 3.48. The summed E-state index contributed by atoms with van der Waals surface area (Å²) in [7, 11) is 0. The molecule has 27 heavy (non-hydrogen) atoms. The van der Waals surface area contributed by atoms with Gasteiger partial charge in [0.2, 0.25) is 11.8 Å². The molecule has 1 aliphatic rings. The molecule has 1 atom stereocenters. The van der Waals surface area contributed by atoms with Gasteiger partial charge in [0.05, 0.1) is 13.0 Å². The number of rotatable bonds is 5. The Labute approximate surface area is 161 Å². The Hall–Kier alpha value is -2.43. The van der Waals surface area contributed by atoms with Gasteiger partial charge in [0.15, 0.2) is 0 Å². The summed E-state index contributed by atoms with van der Waals surface area (Å²) >= 11 is 0.